The largest absolute Gasteiger partial charge is 0.480 e. The summed E-state index contributed by atoms with van der Waals surface area (Å²) in [6.07, 6.45) is 5.72. The molecule has 0 bridgehead atoms. The summed E-state index contributed by atoms with van der Waals surface area (Å²) in [6, 6.07) is 11.0. The van der Waals surface area contributed by atoms with Gasteiger partial charge in [-0.2, -0.15) is 0 Å². The molecule has 1 atom stereocenters. The first-order valence-electron chi connectivity index (χ1n) is 7.14. The minimum absolute atomic E-state index is 0.435. The van der Waals surface area contributed by atoms with Crippen molar-refractivity contribution in [3.05, 3.63) is 66.1 Å². The molecular formula is C17H17N3O2. The Morgan fingerprint density at radius 1 is 1.23 bits per heavy atom. The van der Waals surface area contributed by atoms with Gasteiger partial charge in [0.2, 0.25) is 0 Å². The van der Waals surface area contributed by atoms with E-state index < -0.39 is 12.0 Å². The molecule has 3 rings (SSSR count). The molecule has 0 aliphatic rings. The third kappa shape index (κ3) is 3.15. The zero-order valence-electron chi connectivity index (χ0n) is 12.0. The van der Waals surface area contributed by atoms with Gasteiger partial charge in [-0.15, -0.1) is 0 Å². The fraction of sp³-hybridized carbons (Fsp3) is 0.176. The third-order valence-corrected chi connectivity index (χ3v) is 3.70. The van der Waals surface area contributed by atoms with Crippen molar-refractivity contribution in [3.63, 3.8) is 0 Å². The van der Waals surface area contributed by atoms with Crippen LogP contribution < -0.4 is 5.32 Å². The molecule has 0 fully saturated rings. The molecule has 0 aliphatic heterocycles. The van der Waals surface area contributed by atoms with Crippen LogP contribution in [0.5, 0.6) is 0 Å². The Morgan fingerprint density at radius 3 is 2.77 bits per heavy atom. The van der Waals surface area contributed by atoms with Gasteiger partial charge in [-0.05, 0) is 29.3 Å². The maximum absolute atomic E-state index is 11.5. The Hall–Kier alpha value is -2.66. The molecule has 112 valence electrons. The van der Waals surface area contributed by atoms with Gasteiger partial charge in [-0.25, -0.2) is 0 Å². The van der Waals surface area contributed by atoms with Crippen LogP contribution >= 0.6 is 0 Å². The lowest BCUT2D eigenvalue weighted by atomic mass is 10.0. The highest BCUT2D eigenvalue weighted by atomic mass is 16.4. The maximum Gasteiger partial charge on any atom is 0.321 e. The van der Waals surface area contributed by atoms with Crippen molar-refractivity contribution in [2.75, 3.05) is 0 Å². The molecular weight excluding hydrogens is 278 g/mol. The van der Waals surface area contributed by atoms with E-state index in [0.29, 0.717) is 13.0 Å². The van der Waals surface area contributed by atoms with Gasteiger partial charge in [-0.1, -0.05) is 18.2 Å². The van der Waals surface area contributed by atoms with E-state index in [9.17, 15) is 9.90 Å². The second kappa shape index (κ2) is 6.41. The van der Waals surface area contributed by atoms with E-state index >= 15 is 0 Å². The number of fused-ring (bicyclic) bond motifs is 1. The summed E-state index contributed by atoms with van der Waals surface area (Å²) in [4.78, 5) is 18.6. The zero-order valence-corrected chi connectivity index (χ0v) is 12.0. The number of aromatic nitrogens is 2. The van der Waals surface area contributed by atoms with E-state index in [0.717, 1.165) is 22.0 Å². The minimum atomic E-state index is -0.848. The number of carboxylic acids is 1. The summed E-state index contributed by atoms with van der Waals surface area (Å²) in [5.74, 6) is -0.848. The van der Waals surface area contributed by atoms with Gasteiger partial charge in [0.15, 0.2) is 0 Å². The van der Waals surface area contributed by atoms with Crippen LogP contribution in [0.15, 0.2) is 55.0 Å². The number of carboxylic acid groups (broad SMARTS) is 1. The fourth-order valence-corrected chi connectivity index (χ4v) is 2.51. The number of H-pyrrole nitrogens is 1. The monoisotopic (exact) mass is 295 g/mol. The molecule has 0 saturated heterocycles. The minimum Gasteiger partial charge on any atom is -0.480 e. The topological polar surface area (TPSA) is 78.0 Å². The first-order chi connectivity index (χ1) is 10.7. The van der Waals surface area contributed by atoms with E-state index in [-0.39, 0.29) is 0 Å². The van der Waals surface area contributed by atoms with Gasteiger partial charge < -0.3 is 15.4 Å². The molecule has 5 heteroatoms. The first-order valence-corrected chi connectivity index (χ1v) is 7.14. The van der Waals surface area contributed by atoms with E-state index in [1.54, 1.807) is 12.4 Å². The molecule has 0 radical (unpaired) electrons. The summed E-state index contributed by atoms with van der Waals surface area (Å²) in [5.41, 5.74) is 3.04. The average Bonchev–Trinajstić information content (AvgIpc) is 2.95. The molecule has 22 heavy (non-hydrogen) atoms. The summed E-state index contributed by atoms with van der Waals surface area (Å²) in [6.45, 7) is 0.502. The van der Waals surface area contributed by atoms with E-state index in [4.69, 9.17) is 0 Å². The van der Waals surface area contributed by atoms with Crippen molar-refractivity contribution in [1.82, 2.24) is 15.3 Å². The molecule has 5 nitrogen and oxygen atoms in total. The highest BCUT2D eigenvalue weighted by molar-refractivity contribution is 5.84. The Labute approximate surface area is 128 Å². The van der Waals surface area contributed by atoms with Crippen LogP contribution in [0.3, 0.4) is 0 Å². The van der Waals surface area contributed by atoms with E-state index in [1.165, 1.54) is 0 Å². The van der Waals surface area contributed by atoms with Crippen molar-refractivity contribution in [2.24, 2.45) is 0 Å². The lowest BCUT2D eigenvalue weighted by Gasteiger charge is -2.14. The van der Waals surface area contributed by atoms with Crippen molar-refractivity contribution in [1.29, 1.82) is 0 Å². The molecule has 0 saturated carbocycles. The van der Waals surface area contributed by atoms with Crippen molar-refractivity contribution < 1.29 is 9.90 Å². The number of benzene rings is 1. The van der Waals surface area contributed by atoms with Crippen molar-refractivity contribution in [3.8, 4) is 0 Å². The zero-order chi connectivity index (χ0) is 15.4. The highest BCUT2D eigenvalue weighted by Gasteiger charge is 2.19. The van der Waals surface area contributed by atoms with E-state index in [2.05, 4.69) is 15.3 Å². The Kier molecular flexibility index (Phi) is 4.16. The van der Waals surface area contributed by atoms with Crippen molar-refractivity contribution >= 4 is 16.9 Å². The molecule has 0 aliphatic carbocycles. The van der Waals surface area contributed by atoms with Gasteiger partial charge in [-0.3, -0.25) is 9.78 Å². The maximum atomic E-state index is 11.5. The summed E-state index contributed by atoms with van der Waals surface area (Å²) in [7, 11) is 0. The highest BCUT2D eigenvalue weighted by Crippen LogP contribution is 2.19. The van der Waals surface area contributed by atoms with Gasteiger partial charge in [0.1, 0.15) is 6.04 Å². The number of nitrogens with one attached hydrogen (secondary N) is 2. The SMILES string of the molecule is O=C(O)[C@H](Cc1c[nH]c2ccccc12)NCc1ccncc1. The number of carbonyl (C=O) groups is 1. The number of pyridine rings is 1. The van der Waals surface area contributed by atoms with Crippen LogP contribution in [-0.4, -0.2) is 27.1 Å². The number of hydrogen-bond donors (Lipinski definition) is 3. The fourth-order valence-electron chi connectivity index (χ4n) is 2.51. The number of para-hydroxylation sites is 1. The number of rotatable bonds is 6. The van der Waals surface area contributed by atoms with Crippen LogP contribution in [0, 0.1) is 0 Å². The smallest absolute Gasteiger partial charge is 0.321 e. The lowest BCUT2D eigenvalue weighted by Crippen LogP contribution is -2.38. The van der Waals surface area contributed by atoms with Crippen LogP contribution in [0.2, 0.25) is 0 Å². The normalized spacial score (nSPS) is 12.4. The standard InChI is InChI=1S/C17H17N3O2/c21-17(22)16(19-10-12-5-7-18-8-6-12)9-13-11-20-15-4-2-1-3-14(13)15/h1-8,11,16,19-20H,9-10H2,(H,21,22)/t16-/m0/s1. The Bertz CT molecular complexity index is 768. The molecule has 1 aromatic carbocycles. The summed E-state index contributed by atoms with van der Waals surface area (Å²) in [5, 5.41) is 13.6. The Balaban J connectivity index is 1.73. The lowest BCUT2D eigenvalue weighted by molar-refractivity contribution is -0.139. The average molecular weight is 295 g/mol. The van der Waals surface area contributed by atoms with E-state index in [1.807, 2.05) is 42.6 Å². The molecule has 0 spiro atoms. The number of aromatic amines is 1. The number of aliphatic carboxylic acids is 1. The second-order valence-corrected chi connectivity index (χ2v) is 5.19. The molecule has 2 heterocycles. The molecule has 3 aromatic rings. The van der Waals surface area contributed by atoms with Crippen LogP contribution in [-0.2, 0) is 17.8 Å². The molecule has 0 unspecified atom stereocenters. The predicted octanol–water partition coefficient (Wildman–Crippen LogP) is 2.35. The van der Waals surface area contributed by atoms with Gasteiger partial charge >= 0.3 is 5.97 Å². The predicted molar refractivity (Wildman–Crippen MR) is 84.5 cm³/mol. The Morgan fingerprint density at radius 2 is 2.00 bits per heavy atom. The van der Waals surface area contributed by atoms with Crippen molar-refractivity contribution in [2.45, 2.75) is 19.0 Å². The third-order valence-electron chi connectivity index (χ3n) is 3.70. The first kappa shape index (κ1) is 14.3. The summed E-state index contributed by atoms with van der Waals surface area (Å²) < 4.78 is 0. The molecule has 2 aromatic heterocycles. The number of hydrogen-bond acceptors (Lipinski definition) is 3. The van der Waals surface area contributed by atoms with Gasteiger partial charge in [0.05, 0.1) is 0 Å². The number of nitrogens with zero attached hydrogens (tertiary/aromatic N) is 1. The van der Waals surface area contributed by atoms with Crippen LogP contribution in [0.25, 0.3) is 10.9 Å². The van der Waals surface area contributed by atoms with Crippen LogP contribution in [0.4, 0.5) is 0 Å². The quantitative estimate of drug-likeness (QED) is 0.652. The second-order valence-electron chi connectivity index (χ2n) is 5.19. The molecule has 0 amide bonds. The van der Waals surface area contributed by atoms with Gasteiger partial charge in [0.25, 0.3) is 0 Å². The van der Waals surface area contributed by atoms with Crippen LogP contribution in [0.1, 0.15) is 11.1 Å². The van der Waals surface area contributed by atoms with Gasteiger partial charge in [0, 0.05) is 42.5 Å². The molecule has 3 N–H and O–H groups in total. The summed E-state index contributed by atoms with van der Waals surface area (Å²) >= 11 is 0.